The van der Waals surface area contributed by atoms with E-state index in [1.807, 2.05) is 39.4 Å². The minimum Gasteiger partial charge on any atom is -0.498 e. The van der Waals surface area contributed by atoms with Gasteiger partial charge < -0.3 is 29.1 Å². The molecule has 0 aliphatic heterocycles. The zero-order valence-electron chi connectivity index (χ0n) is 37.0. The number of quaternary nitrogens is 1. The summed E-state index contributed by atoms with van der Waals surface area (Å²) in [5, 5.41) is 20.7. The molecule has 0 aromatic heterocycles. The lowest BCUT2D eigenvalue weighted by Crippen LogP contribution is -2.37. The van der Waals surface area contributed by atoms with E-state index in [1.165, 1.54) is 64.2 Å². The van der Waals surface area contributed by atoms with E-state index in [4.69, 9.17) is 18.5 Å². The van der Waals surface area contributed by atoms with Crippen LogP contribution in [-0.4, -0.2) is 97.2 Å². The molecule has 0 saturated heterocycles. The SMILES string of the molecule is CCCCCC/C=C\CCCCCCCC/C=C/OC[C@H](COP(=O)(O)OCC[N+](C)(C)C)OC(=O)CCC/C=C\C[C@H]1C(=O)C[C@@H](O)[C@@H]1/C=C/[C@@H](O)CCCCC. The molecule has 0 aromatic rings. The largest absolute Gasteiger partial charge is 0.498 e. The molecule has 6 atom stereocenters. The highest BCUT2D eigenvalue weighted by molar-refractivity contribution is 7.47. The van der Waals surface area contributed by atoms with Gasteiger partial charge in [-0.25, -0.2) is 4.57 Å². The molecule has 0 amide bonds. The molecule has 0 spiro atoms. The van der Waals surface area contributed by atoms with Gasteiger partial charge in [0.25, 0.3) is 0 Å². The topological polar surface area (TPSA) is 149 Å². The molecular formula is C46H83NO10P+. The van der Waals surface area contributed by atoms with Crippen molar-refractivity contribution in [2.75, 3.05) is 47.5 Å². The molecule has 336 valence electrons. The van der Waals surface area contributed by atoms with Crippen LogP contribution in [0.25, 0.3) is 0 Å². The van der Waals surface area contributed by atoms with Gasteiger partial charge in [-0.3, -0.25) is 18.6 Å². The molecule has 0 bridgehead atoms. The molecule has 58 heavy (non-hydrogen) atoms. The third-order valence-corrected chi connectivity index (χ3v) is 11.3. The predicted molar refractivity (Wildman–Crippen MR) is 234 cm³/mol. The zero-order valence-corrected chi connectivity index (χ0v) is 37.9. The Morgan fingerprint density at radius 1 is 0.810 bits per heavy atom. The van der Waals surface area contributed by atoms with Crippen LogP contribution >= 0.6 is 7.82 Å². The summed E-state index contributed by atoms with van der Waals surface area (Å²) in [6.45, 7) is 4.49. The number of ether oxygens (including phenoxy) is 2. The highest BCUT2D eigenvalue weighted by atomic mass is 31.2. The molecule has 1 aliphatic carbocycles. The summed E-state index contributed by atoms with van der Waals surface area (Å²) < 4.78 is 34.7. The van der Waals surface area contributed by atoms with Gasteiger partial charge in [0.15, 0.2) is 6.10 Å². The Hall–Kier alpha value is -2.11. The number of ketones is 1. The first-order valence-electron chi connectivity index (χ1n) is 22.5. The first-order chi connectivity index (χ1) is 27.8. The fourth-order valence-electron chi connectivity index (χ4n) is 6.67. The second kappa shape index (κ2) is 33.6. The normalized spacial score (nSPS) is 19.9. The number of phosphoric acid groups is 1. The van der Waals surface area contributed by atoms with Gasteiger partial charge in [-0.2, -0.15) is 0 Å². The fourth-order valence-corrected chi connectivity index (χ4v) is 7.41. The van der Waals surface area contributed by atoms with Gasteiger partial charge in [0.1, 0.15) is 25.5 Å². The van der Waals surface area contributed by atoms with E-state index in [1.54, 1.807) is 18.4 Å². The number of nitrogens with zero attached hydrogens (tertiary/aromatic N) is 1. The van der Waals surface area contributed by atoms with Crippen molar-refractivity contribution in [3.8, 4) is 0 Å². The summed E-state index contributed by atoms with van der Waals surface area (Å²) in [4.78, 5) is 35.6. The number of esters is 1. The Bertz CT molecular complexity index is 1230. The van der Waals surface area contributed by atoms with Gasteiger partial charge in [-0.1, -0.05) is 115 Å². The summed E-state index contributed by atoms with van der Waals surface area (Å²) in [6, 6.07) is 0. The molecule has 0 aromatic carbocycles. The minimum absolute atomic E-state index is 0.0142. The van der Waals surface area contributed by atoms with Gasteiger partial charge in [0, 0.05) is 24.7 Å². The Labute approximate surface area is 352 Å². The van der Waals surface area contributed by atoms with Crippen molar-refractivity contribution in [2.45, 2.75) is 173 Å². The van der Waals surface area contributed by atoms with Gasteiger partial charge in [-0.15, -0.1) is 0 Å². The van der Waals surface area contributed by atoms with Crippen LogP contribution in [0, 0.1) is 11.8 Å². The average molecular weight is 841 g/mol. The Morgan fingerprint density at radius 2 is 1.40 bits per heavy atom. The molecule has 1 rings (SSSR count). The van der Waals surface area contributed by atoms with Crippen molar-refractivity contribution in [2.24, 2.45) is 11.8 Å². The summed E-state index contributed by atoms with van der Waals surface area (Å²) in [6.07, 6.45) is 34.5. The Balaban J connectivity index is 2.49. The van der Waals surface area contributed by atoms with Gasteiger partial charge in [0.05, 0.1) is 46.2 Å². The number of unbranched alkanes of at least 4 members (excludes halogenated alkanes) is 14. The number of aliphatic hydroxyl groups is 2. The summed E-state index contributed by atoms with van der Waals surface area (Å²) in [5.41, 5.74) is 0. The predicted octanol–water partition coefficient (Wildman–Crippen LogP) is 10.1. The number of hydrogen-bond donors (Lipinski definition) is 3. The zero-order chi connectivity index (χ0) is 42.9. The number of carbonyl (C=O) groups is 2. The van der Waals surface area contributed by atoms with Crippen LogP contribution in [0.1, 0.15) is 155 Å². The van der Waals surface area contributed by atoms with Crippen molar-refractivity contribution in [1.29, 1.82) is 0 Å². The monoisotopic (exact) mass is 841 g/mol. The number of Topliss-reactive ketones (excluding diaryl/α,β-unsaturated/α-hetero) is 1. The van der Waals surface area contributed by atoms with E-state index in [0.29, 0.717) is 36.7 Å². The highest BCUT2D eigenvalue weighted by Crippen LogP contribution is 2.43. The second-order valence-corrected chi connectivity index (χ2v) is 18.4. The van der Waals surface area contributed by atoms with E-state index in [9.17, 15) is 29.3 Å². The number of aliphatic hydroxyl groups excluding tert-OH is 2. The van der Waals surface area contributed by atoms with Crippen LogP contribution in [0.4, 0.5) is 0 Å². The van der Waals surface area contributed by atoms with E-state index >= 15 is 0 Å². The number of carbonyl (C=O) groups excluding carboxylic acids is 2. The lowest BCUT2D eigenvalue weighted by Gasteiger charge is -2.24. The van der Waals surface area contributed by atoms with Crippen LogP contribution in [0.2, 0.25) is 0 Å². The lowest BCUT2D eigenvalue weighted by atomic mass is 9.90. The maximum atomic E-state index is 12.8. The molecule has 0 radical (unpaired) electrons. The van der Waals surface area contributed by atoms with Gasteiger partial charge in [0.2, 0.25) is 0 Å². The fraction of sp³-hybridized carbons (Fsp3) is 0.783. The van der Waals surface area contributed by atoms with E-state index in [2.05, 4.69) is 26.0 Å². The van der Waals surface area contributed by atoms with Crippen molar-refractivity contribution < 1.29 is 52.3 Å². The van der Waals surface area contributed by atoms with Crippen molar-refractivity contribution in [3.63, 3.8) is 0 Å². The number of rotatable bonds is 37. The maximum Gasteiger partial charge on any atom is 0.472 e. The number of allylic oxidation sites excluding steroid dienone is 5. The average Bonchev–Trinajstić information content (AvgIpc) is 3.43. The Kier molecular flexibility index (Phi) is 31.2. The number of likely N-dealkylation sites (N-methyl/N-ethyl adjacent to an activating group) is 1. The van der Waals surface area contributed by atoms with Crippen LogP contribution < -0.4 is 0 Å². The molecule has 1 saturated carbocycles. The summed E-state index contributed by atoms with van der Waals surface area (Å²) in [7, 11) is 1.46. The maximum absolute atomic E-state index is 12.8. The van der Waals surface area contributed by atoms with E-state index in [0.717, 1.165) is 38.5 Å². The summed E-state index contributed by atoms with van der Waals surface area (Å²) in [5.74, 6) is -1.14. The molecule has 1 aliphatic rings. The smallest absolute Gasteiger partial charge is 0.472 e. The van der Waals surface area contributed by atoms with Crippen molar-refractivity contribution in [1.82, 2.24) is 0 Å². The van der Waals surface area contributed by atoms with Gasteiger partial charge in [-0.05, 0) is 70.3 Å². The molecule has 1 unspecified atom stereocenters. The third-order valence-electron chi connectivity index (χ3n) is 10.3. The lowest BCUT2D eigenvalue weighted by molar-refractivity contribution is -0.870. The standard InChI is InChI=1S/C46H82NO10P/c1-6-8-10-11-12-13-14-15-16-17-18-19-20-21-24-28-35-54-38-41(39-56-58(52,53)55-36-34-47(3,4)5)57-46(51)31-27-23-22-26-30-42-43(45(50)37-44(42)49)33-32-40(48)29-25-9-7-2/h13-14,22,26,28,32-33,35,40-43,45,48,50H,6-12,15-21,23-25,27,29-31,34,36-39H2,1-5H3/p+1/b14-13-,26-22-,33-32+,35-28+/t40-,41+,42+,43+,45+/m0/s1. The molecule has 3 N–H and O–H groups in total. The van der Waals surface area contributed by atoms with Gasteiger partial charge >= 0.3 is 13.8 Å². The minimum atomic E-state index is -4.37. The third kappa shape index (κ3) is 30.0. The number of hydrogen-bond acceptors (Lipinski definition) is 9. The summed E-state index contributed by atoms with van der Waals surface area (Å²) >= 11 is 0. The van der Waals surface area contributed by atoms with Crippen molar-refractivity contribution in [3.05, 3.63) is 48.8 Å². The molecule has 0 heterocycles. The van der Waals surface area contributed by atoms with Crippen LogP contribution in [-0.2, 0) is 32.7 Å². The quantitative estimate of drug-likeness (QED) is 0.0138. The number of phosphoric ester groups is 1. The van der Waals surface area contributed by atoms with Crippen LogP contribution in [0.5, 0.6) is 0 Å². The molecular weight excluding hydrogens is 757 g/mol. The second-order valence-electron chi connectivity index (χ2n) is 16.9. The van der Waals surface area contributed by atoms with E-state index in [-0.39, 0.29) is 50.3 Å². The molecule has 11 nitrogen and oxygen atoms in total. The first kappa shape index (κ1) is 53.9. The van der Waals surface area contributed by atoms with Crippen molar-refractivity contribution >= 4 is 19.6 Å². The Morgan fingerprint density at radius 3 is 2.05 bits per heavy atom. The molecule has 1 fully saturated rings. The van der Waals surface area contributed by atoms with Crippen LogP contribution in [0.15, 0.2) is 48.8 Å². The van der Waals surface area contributed by atoms with E-state index < -0.39 is 32.1 Å². The highest BCUT2D eigenvalue weighted by Gasteiger charge is 2.39. The molecule has 12 heteroatoms. The van der Waals surface area contributed by atoms with Crippen LogP contribution in [0.3, 0.4) is 0 Å². The first-order valence-corrected chi connectivity index (χ1v) is 24.0.